The number of carbonyl (C=O) groups excluding carboxylic acids is 1. The number of nitrogens with one attached hydrogen (secondary N) is 1. The predicted octanol–water partition coefficient (Wildman–Crippen LogP) is 4.74. The zero-order valence-electron chi connectivity index (χ0n) is 18.5. The van der Waals surface area contributed by atoms with Crippen LogP contribution in [0.1, 0.15) is 21.5 Å². The molecule has 0 bridgehead atoms. The molecule has 0 unspecified atom stereocenters. The summed E-state index contributed by atoms with van der Waals surface area (Å²) in [5, 5.41) is 12.9. The van der Waals surface area contributed by atoms with E-state index in [1.54, 1.807) is 54.6 Å². The minimum atomic E-state index is -0.307. The molecule has 0 aliphatic rings. The monoisotopic (exact) mass is 457 g/mol. The third kappa shape index (κ3) is 4.80. The lowest BCUT2D eigenvalue weighted by Gasteiger charge is -2.09. The van der Waals surface area contributed by atoms with Crippen LogP contribution in [0.3, 0.4) is 0 Å². The van der Waals surface area contributed by atoms with Crippen molar-refractivity contribution in [1.82, 2.24) is 9.55 Å². The van der Waals surface area contributed by atoms with E-state index in [0.717, 1.165) is 11.1 Å². The van der Waals surface area contributed by atoms with E-state index in [-0.39, 0.29) is 17.2 Å². The second-order valence-electron chi connectivity index (χ2n) is 7.82. The van der Waals surface area contributed by atoms with Crippen molar-refractivity contribution in [3.8, 4) is 23.3 Å². The van der Waals surface area contributed by atoms with Crippen LogP contribution in [-0.4, -0.2) is 20.6 Å². The summed E-state index contributed by atoms with van der Waals surface area (Å²) in [4.78, 5) is 30.2. The quantitative estimate of drug-likeness (QED) is 0.383. The highest BCUT2D eigenvalue weighted by atomic mass is 16.3. The summed E-state index contributed by atoms with van der Waals surface area (Å²) in [5.74, 6) is 5.92. The zero-order valence-corrected chi connectivity index (χ0v) is 18.5. The van der Waals surface area contributed by atoms with Crippen LogP contribution in [-0.2, 0) is 0 Å². The molecule has 0 spiro atoms. The Morgan fingerprint density at radius 2 is 1.57 bits per heavy atom. The largest absolute Gasteiger partial charge is 0.508 e. The zero-order chi connectivity index (χ0) is 24.2. The first-order chi connectivity index (χ1) is 17.1. The van der Waals surface area contributed by atoms with Gasteiger partial charge in [-0.1, -0.05) is 36.1 Å². The van der Waals surface area contributed by atoms with Crippen LogP contribution >= 0.6 is 0 Å². The molecule has 4 aromatic carbocycles. The predicted molar refractivity (Wildman–Crippen MR) is 136 cm³/mol. The van der Waals surface area contributed by atoms with Gasteiger partial charge in [-0.25, -0.2) is 4.98 Å². The number of aromatic hydroxyl groups is 1. The smallest absolute Gasteiger partial charge is 0.265 e. The molecule has 0 saturated heterocycles. The number of rotatable bonds is 3. The highest BCUT2D eigenvalue weighted by Gasteiger charge is 2.10. The van der Waals surface area contributed by atoms with Crippen molar-refractivity contribution < 1.29 is 9.90 Å². The second-order valence-corrected chi connectivity index (χ2v) is 7.82. The van der Waals surface area contributed by atoms with Crippen LogP contribution in [0, 0.1) is 11.8 Å². The third-order valence-electron chi connectivity index (χ3n) is 5.40. The molecule has 1 aromatic heterocycles. The number of benzene rings is 4. The van der Waals surface area contributed by atoms with Gasteiger partial charge < -0.3 is 10.4 Å². The molecule has 2 N–H and O–H groups in total. The van der Waals surface area contributed by atoms with Crippen LogP contribution in [0.5, 0.6) is 5.75 Å². The second kappa shape index (κ2) is 9.38. The molecular weight excluding hydrogens is 438 g/mol. The molecule has 1 heterocycles. The maximum atomic E-state index is 13.1. The van der Waals surface area contributed by atoms with Gasteiger partial charge in [-0.3, -0.25) is 14.2 Å². The number of anilines is 1. The molecule has 0 fully saturated rings. The van der Waals surface area contributed by atoms with Gasteiger partial charge in [0.1, 0.15) is 12.1 Å². The summed E-state index contributed by atoms with van der Waals surface area (Å²) in [7, 11) is 0. The molecule has 0 saturated carbocycles. The molecular formula is C29H19N3O3. The van der Waals surface area contributed by atoms with E-state index in [1.165, 1.54) is 23.0 Å². The van der Waals surface area contributed by atoms with Crippen LogP contribution < -0.4 is 10.9 Å². The molecule has 5 rings (SSSR count). The average Bonchev–Trinajstić information content (AvgIpc) is 2.89. The molecule has 6 heteroatoms. The summed E-state index contributed by atoms with van der Waals surface area (Å²) in [5.41, 5.74) is 3.36. The van der Waals surface area contributed by atoms with E-state index in [4.69, 9.17) is 0 Å². The number of hydrogen-bond acceptors (Lipinski definition) is 4. The van der Waals surface area contributed by atoms with E-state index < -0.39 is 0 Å². The molecule has 35 heavy (non-hydrogen) atoms. The number of amides is 1. The summed E-state index contributed by atoms with van der Waals surface area (Å²) in [6.07, 6.45) is 1.42. The Labute approximate surface area is 201 Å². The van der Waals surface area contributed by atoms with Gasteiger partial charge in [-0.15, -0.1) is 0 Å². The fourth-order valence-electron chi connectivity index (χ4n) is 3.60. The van der Waals surface area contributed by atoms with Gasteiger partial charge >= 0.3 is 0 Å². The van der Waals surface area contributed by atoms with Crippen LogP contribution in [0.4, 0.5) is 5.69 Å². The Morgan fingerprint density at radius 3 is 2.31 bits per heavy atom. The van der Waals surface area contributed by atoms with Crippen LogP contribution in [0.15, 0.2) is 108 Å². The number of carbonyl (C=O) groups is 1. The highest BCUT2D eigenvalue weighted by molar-refractivity contribution is 6.05. The maximum absolute atomic E-state index is 13.1. The summed E-state index contributed by atoms with van der Waals surface area (Å²) >= 11 is 0. The fraction of sp³-hybridized carbons (Fsp3) is 0. The lowest BCUT2D eigenvalue weighted by Crippen LogP contribution is -2.19. The number of fused-ring (bicyclic) bond motifs is 1. The summed E-state index contributed by atoms with van der Waals surface area (Å²) < 4.78 is 1.35. The lowest BCUT2D eigenvalue weighted by atomic mass is 10.1. The molecule has 168 valence electrons. The van der Waals surface area contributed by atoms with Crippen LogP contribution in [0.25, 0.3) is 16.6 Å². The van der Waals surface area contributed by atoms with Crippen molar-refractivity contribution >= 4 is 22.5 Å². The van der Waals surface area contributed by atoms with Crippen molar-refractivity contribution in [2.24, 2.45) is 0 Å². The Balaban J connectivity index is 1.37. The molecule has 5 aromatic rings. The van der Waals surface area contributed by atoms with Gasteiger partial charge in [0, 0.05) is 28.4 Å². The molecule has 6 nitrogen and oxygen atoms in total. The minimum absolute atomic E-state index is 0.0487. The molecule has 0 radical (unpaired) electrons. The number of hydrogen-bond donors (Lipinski definition) is 2. The van der Waals surface area contributed by atoms with Crippen LogP contribution in [0.2, 0.25) is 0 Å². The van der Waals surface area contributed by atoms with Gasteiger partial charge in [0.15, 0.2) is 0 Å². The van der Waals surface area contributed by atoms with Gasteiger partial charge in [0.2, 0.25) is 0 Å². The minimum Gasteiger partial charge on any atom is -0.508 e. The van der Waals surface area contributed by atoms with Crippen molar-refractivity contribution in [2.45, 2.75) is 0 Å². The topological polar surface area (TPSA) is 84.2 Å². The van der Waals surface area contributed by atoms with E-state index in [9.17, 15) is 14.7 Å². The first-order valence-corrected chi connectivity index (χ1v) is 10.9. The van der Waals surface area contributed by atoms with Crippen molar-refractivity contribution in [3.05, 3.63) is 130 Å². The number of aromatic nitrogens is 2. The maximum Gasteiger partial charge on any atom is 0.265 e. The van der Waals surface area contributed by atoms with Crippen molar-refractivity contribution in [3.63, 3.8) is 0 Å². The van der Waals surface area contributed by atoms with E-state index in [1.807, 2.05) is 30.3 Å². The number of phenolic OH excluding ortho intramolecular Hbond substituents is 1. The standard InChI is InChI=1S/C29H19N3O3/c33-25-8-4-7-24(18-25)32-19-30-27-16-15-23(17-26(27)29(32)35)31-28(34)22-13-11-21(12-14-22)10-9-20-5-2-1-3-6-20/h1-8,11-19,33H,(H,31,34). The fourth-order valence-corrected chi connectivity index (χ4v) is 3.60. The van der Waals surface area contributed by atoms with Crippen molar-refractivity contribution in [1.29, 1.82) is 0 Å². The Hall–Kier alpha value is -5.15. The first-order valence-electron chi connectivity index (χ1n) is 10.9. The Morgan fingerprint density at radius 1 is 0.829 bits per heavy atom. The van der Waals surface area contributed by atoms with Gasteiger partial charge in [-0.05, 0) is 66.7 Å². The Kier molecular flexibility index (Phi) is 5.81. The lowest BCUT2D eigenvalue weighted by molar-refractivity contribution is 0.102. The summed E-state index contributed by atoms with van der Waals surface area (Å²) in [6.45, 7) is 0. The molecule has 1 amide bonds. The van der Waals surface area contributed by atoms with E-state index in [0.29, 0.717) is 27.8 Å². The SMILES string of the molecule is O=C(Nc1ccc2ncn(-c3cccc(O)c3)c(=O)c2c1)c1ccc(C#Cc2ccccc2)cc1. The number of nitrogens with zero attached hydrogens (tertiary/aromatic N) is 2. The third-order valence-corrected chi connectivity index (χ3v) is 5.40. The van der Waals surface area contributed by atoms with E-state index >= 15 is 0 Å². The summed E-state index contributed by atoms with van der Waals surface area (Å²) in [6, 6.07) is 28.0. The molecule has 0 aliphatic heterocycles. The van der Waals surface area contributed by atoms with E-state index in [2.05, 4.69) is 22.1 Å². The normalized spacial score (nSPS) is 10.4. The van der Waals surface area contributed by atoms with Gasteiger partial charge in [0.25, 0.3) is 11.5 Å². The van der Waals surface area contributed by atoms with Gasteiger partial charge in [-0.2, -0.15) is 0 Å². The molecule has 0 atom stereocenters. The van der Waals surface area contributed by atoms with Crippen molar-refractivity contribution in [2.75, 3.05) is 5.32 Å². The molecule has 0 aliphatic carbocycles. The Bertz CT molecular complexity index is 1660. The van der Waals surface area contributed by atoms with Gasteiger partial charge in [0.05, 0.1) is 16.6 Å². The number of phenols is 1. The highest BCUT2D eigenvalue weighted by Crippen LogP contribution is 2.18. The first kappa shape index (κ1) is 21.7. The average molecular weight is 457 g/mol.